The Kier molecular flexibility index (Phi) is 10.5. The molecule has 0 N–H and O–H groups in total. The fourth-order valence-corrected chi connectivity index (χ4v) is 9.00. The number of rotatable bonds is 10. The first-order valence-corrected chi connectivity index (χ1v) is 15.0. The Balaban J connectivity index is 2.61. The van der Waals surface area contributed by atoms with Crippen LogP contribution in [0.15, 0.2) is 65.8 Å². The fraction of sp³-hybridized carbons (Fsp3) is 0.381. The van der Waals surface area contributed by atoms with Gasteiger partial charge in [0.25, 0.3) is 9.84 Å². The summed E-state index contributed by atoms with van der Waals surface area (Å²) in [5, 5.41) is -2.45. The van der Waals surface area contributed by atoms with Gasteiger partial charge in [0, 0.05) is 19.6 Å². The van der Waals surface area contributed by atoms with Gasteiger partial charge in [-0.1, -0.05) is 39.0 Å². The Morgan fingerprint density at radius 3 is 1.85 bits per heavy atom. The predicted molar refractivity (Wildman–Crippen MR) is 142 cm³/mol. The highest BCUT2D eigenvalue weighted by Crippen LogP contribution is 2.32. The average molecular weight is 563 g/mol. The predicted octanol–water partition coefficient (Wildman–Crippen LogP) is 5.45. The zero-order chi connectivity index (χ0) is 24.8. The van der Waals surface area contributed by atoms with E-state index in [2.05, 4.69) is 62.2 Å². The van der Waals surface area contributed by atoms with E-state index in [1.54, 1.807) is 0 Å². The van der Waals surface area contributed by atoms with Crippen LogP contribution in [0.1, 0.15) is 45.4 Å². The van der Waals surface area contributed by atoms with Crippen LogP contribution in [0.5, 0.6) is 0 Å². The van der Waals surface area contributed by atoms with Gasteiger partial charge in [0.15, 0.2) is 15.1 Å². The normalized spacial score (nSPS) is 12.9. The van der Waals surface area contributed by atoms with Gasteiger partial charge in [0.1, 0.15) is 0 Å². The lowest BCUT2D eigenvalue weighted by Crippen LogP contribution is -2.37. The summed E-state index contributed by atoms with van der Waals surface area (Å²) in [4.78, 5) is 3.77. The Hall–Kier alpha value is -0.880. The molecule has 12 heteroatoms. The summed E-state index contributed by atoms with van der Waals surface area (Å²) in [5.74, 6) is 0. The molecule has 0 spiro atoms. The summed E-state index contributed by atoms with van der Waals surface area (Å²) in [6.45, 7) is 2.06. The maximum Gasteiger partial charge on any atom is 0.404 e. The maximum atomic E-state index is 13.6. The van der Waals surface area contributed by atoms with Gasteiger partial charge >= 0.3 is 5.04 Å². The van der Waals surface area contributed by atoms with Gasteiger partial charge < -0.3 is 5.53 Å². The summed E-state index contributed by atoms with van der Waals surface area (Å²) in [5.41, 5.74) is 9.78. The van der Waals surface area contributed by atoms with E-state index in [0.29, 0.717) is 22.6 Å². The average Bonchev–Trinajstić information content (AvgIpc) is 2.72. The van der Waals surface area contributed by atoms with E-state index in [9.17, 15) is 22.4 Å². The van der Waals surface area contributed by atoms with Crippen molar-refractivity contribution in [1.29, 1.82) is 0 Å². The molecule has 0 aliphatic heterocycles. The van der Waals surface area contributed by atoms with E-state index in [-0.39, 0.29) is 26.0 Å². The van der Waals surface area contributed by atoms with Gasteiger partial charge in [0.2, 0.25) is 0 Å². The third kappa shape index (κ3) is 6.84. The van der Waals surface area contributed by atoms with E-state index < -0.39 is 30.0 Å². The zero-order valence-corrected chi connectivity index (χ0v) is 23.1. The van der Waals surface area contributed by atoms with Crippen molar-refractivity contribution in [2.45, 2.75) is 80.1 Å². The highest BCUT2D eigenvalue weighted by molar-refractivity contribution is 8.09. The van der Waals surface area contributed by atoms with Crippen LogP contribution in [-0.2, 0) is 19.7 Å². The minimum atomic E-state index is -4.49. The van der Waals surface area contributed by atoms with Crippen LogP contribution >= 0.6 is 50.5 Å². The van der Waals surface area contributed by atoms with E-state index in [4.69, 9.17) is 0 Å². The first kappa shape index (κ1) is 28.4. The molecule has 0 saturated heterocycles. The van der Waals surface area contributed by atoms with Crippen molar-refractivity contribution in [2.75, 3.05) is 0 Å². The van der Waals surface area contributed by atoms with Gasteiger partial charge in [0.05, 0.1) is 9.79 Å². The first-order valence-electron chi connectivity index (χ1n) is 10.2. The lowest BCUT2D eigenvalue weighted by molar-refractivity contribution is -0.00319. The van der Waals surface area contributed by atoms with Crippen molar-refractivity contribution in [3.8, 4) is 0 Å². The SMILES string of the molecule is CCCCCCCC(C(=[N+]=[N-])S(=O)(=O)c1ccc(S)cc1S)S(=O)(=O)c1ccc(S)cc1S. The lowest BCUT2D eigenvalue weighted by atomic mass is 10.1. The van der Waals surface area contributed by atoms with Gasteiger partial charge in [-0.15, -0.1) is 50.5 Å². The summed E-state index contributed by atoms with van der Waals surface area (Å²) >= 11 is 16.8. The van der Waals surface area contributed by atoms with E-state index in [1.165, 1.54) is 36.4 Å². The minimum Gasteiger partial charge on any atom is -0.360 e. The molecule has 0 aliphatic rings. The van der Waals surface area contributed by atoms with Crippen molar-refractivity contribution >= 4 is 75.2 Å². The largest absolute Gasteiger partial charge is 0.404 e. The summed E-state index contributed by atoms with van der Waals surface area (Å²) in [6.07, 6.45) is 4.00. The Morgan fingerprint density at radius 2 is 1.36 bits per heavy atom. The monoisotopic (exact) mass is 562 g/mol. The molecule has 6 nitrogen and oxygen atoms in total. The summed E-state index contributed by atoms with van der Waals surface area (Å²) in [7, 11) is -8.77. The highest BCUT2D eigenvalue weighted by Gasteiger charge is 2.47. The van der Waals surface area contributed by atoms with Gasteiger partial charge in [-0.25, -0.2) is 16.8 Å². The highest BCUT2D eigenvalue weighted by atomic mass is 32.2. The molecule has 2 rings (SSSR count). The molecule has 0 aromatic heterocycles. The lowest BCUT2D eigenvalue weighted by Gasteiger charge is -2.16. The second-order valence-corrected chi connectivity index (χ2v) is 13.4. The van der Waals surface area contributed by atoms with Crippen molar-refractivity contribution in [3.63, 3.8) is 0 Å². The number of thiol groups is 4. The second-order valence-electron chi connectivity index (χ2n) is 7.48. The fourth-order valence-electron chi connectivity index (χ4n) is 3.38. The van der Waals surface area contributed by atoms with E-state index in [0.717, 1.165) is 19.3 Å². The molecule has 0 radical (unpaired) electrons. The summed E-state index contributed by atoms with van der Waals surface area (Å²) in [6, 6.07) is 8.38. The Morgan fingerprint density at radius 1 is 0.848 bits per heavy atom. The molecule has 1 unspecified atom stereocenters. The molecule has 0 amide bonds. The number of benzene rings is 2. The van der Waals surface area contributed by atoms with Gasteiger partial charge in [-0.3, -0.25) is 0 Å². The van der Waals surface area contributed by atoms with Crippen LogP contribution in [-0.4, -0.2) is 31.9 Å². The number of hydrogen-bond donors (Lipinski definition) is 4. The Bertz CT molecular complexity index is 1270. The van der Waals surface area contributed by atoms with Crippen LogP contribution < -0.4 is 0 Å². The maximum absolute atomic E-state index is 13.6. The molecule has 33 heavy (non-hydrogen) atoms. The molecular formula is C21H26N2O4S6. The topological polar surface area (TPSA) is 105 Å². The van der Waals surface area contributed by atoms with Crippen molar-refractivity contribution in [1.82, 2.24) is 0 Å². The molecule has 0 aliphatic carbocycles. The molecule has 0 heterocycles. The second kappa shape index (κ2) is 12.2. The van der Waals surface area contributed by atoms with Gasteiger partial charge in [-0.2, -0.15) is 4.79 Å². The number of sulfone groups is 2. The van der Waals surface area contributed by atoms with Crippen LogP contribution in [0.25, 0.3) is 5.53 Å². The van der Waals surface area contributed by atoms with Crippen molar-refractivity contribution in [3.05, 3.63) is 41.9 Å². The molecule has 0 bridgehead atoms. The van der Waals surface area contributed by atoms with E-state index >= 15 is 0 Å². The third-order valence-electron chi connectivity index (χ3n) is 5.07. The van der Waals surface area contributed by atoms with Crippen molar-refractivity contribution in [2.24, 2.45) is 0 Å². The smallest absolute Gasteiger partial charge is 0.360 e. The molecule has 2 aromatic rings. The Labute approximate surface area is 217 Å². The van der Waals surface area contributed by atoms with Crippen LogP contribution in [0, 0.1) is 0 Å². The zero-order valence-electron chi connectivity index (χ0n) is 17.9. The standard InChI is InChI=1S/C21H26N2O4S6/c1-2-3-4-5-6-7-20(32(24,25)18-10-8-14(28)12-16(18)30)21(23-22)33(26,27)19-11-9-15(29)13-17(19)31/h8-13,20,28-31H,2-7H2,1H3. The molecule has 180 valence electrons. The van der Waals surface area contributed by atoms with Crippen LogP contribution in [0.2, 0.25) is 0 Å². The molecule has 0 saturated carbocycles. The number of unbranched alkanes of at least 4 members (excludes halogenated alkanes) is 4. The molecule has 2 aromatic carbocycles. The van der Waals surface area contributed by atoms with E-state index in [1.807, 2.05) is 0 Å². The number of nitrogens with zero attached hydrogens (tertiary/aromatic N) is 2. The first-order chi connectivity index (χ1) is 15.5. The summed E-state index contributed by atoms with van der Waals surface area (Å²) < 4.78 is 54.1. The number of hydrogen-bond acceptors (Lipinski definition) is 8. The van der Waals surface area contributed by atoms with Crippen LogP contribution in [0.3, 0.4) is 0 Å². The third-order valence-corrected chi connectivity index (χ3v) is 10.9. The van der Waals surface area contributed by atoms with Gasteiger partial charge in [-0.05, 0) is 42.8 Å². The molecule has 1 atom stereocenters. The quantitative estimate of drug-likeness (QED) is 0.0772. The molecular weight excluding hydrogens is 537 g/mol. The molecule has 0 fully saturated rings. The van der Waals surface area contributed by atoms with Crippen molar-refractivity contribution < 1.29 is 21.6 Å². The minimum absolute atomic E-state index is 0.0347. The van der Waals surface area contributed by atoms with Crippen LogP contribution in [0.4, 0.5) is 0 Å².